The van der Waals surface area contributed by atoms with E-state index in [0.717, 1.165) is 6.42 Å². The summed E-state index contributed by atoms with van der Waals surface area (Å²) in [4.78, 5) is 0. The van der Waals surface area contributed by atoms with E-state index in [9.17, 15) is 0 Å². The summed E-state index contributed by atoms with van der Waals surface area (Å²) in [6.45, 7) is 13.2. The van der Waals surface area contributed by atoms with Crippen molar-refractivity contribution in [3.8, 4) is 0 Å². The van der Waals surface area contributed by atoms with Gasteiger partial charge in [-0.15, -0.1) is 0 Å². The largest absolute Gasteiger partial charge is 0.379 e. The molecule has 0 spiro atoms. The summed E-state index contributed by atoms with van der Waals surface area (Å²) in [6, 6.07) is 9.23. The van der Waals surface area contributed by atoms with Crippen molar-refractivity contribution in [1.29, 1.82) is 0 Å². The molecule has 2 unspecified atom stereocenters. The zero-order valence-electron chi connectivity index (χ0n) is 13.8. The summed E-state index contributed by atoms with van der Waals surface area (Å²) in [5.41, 5.74) is 2.44. The van der Waals surface area contributed by atoms with Gasteiger partial charge in [0.15, 0.2) is 0 Å². The van der Waals surface area contributed by atoms with Crippen molar-refractivity contribution in [3.63, 3.8) is 0 Å². The molecule has 20 heavy (non-hydrogen) atoms. The molecule has 2 heteroatoms. The number of hydrogen-bond donors (Lipinski definition) is 1. The van der Waals surface area contributed by atoms with E-state index in [1.54, 1.807) is 0 Å². The van der Waals surface area contributed by atoms with Crippen molar-refractivity contribution in [3.05, 3.63) is 29.8 Å². The third-order valence-electron chi connectivity index (χ3n) is 4.51. The maximum absolute atomic E-state index is 6.14. The van der Waals surface area contributed by atoms with Crippen LogP contribution in [0, 0.1) is 0 Å². The third kappa shape index (κ3) is 3.35. The van der Waals surface area contributed by atoms with Crippen LogP contribution in [0.1, 0.15) is 65.9 Å². The standard InChI is InChI=1S/C18H29NO/c1-7-13(2)14-8-10-15(11-9-14)19-16-12-17(3,4)20-18(16,5)6/h8-11,13,16,19H,7,12H2,1-6H3. The van der Waals surface area contributed by atoms with Crippen LogP contribution in [0.2, 0.25) is 0 Å². The van der Waals surface area contributed by atoms with Gasteiger partial charge in [0.1, 0.15) is 0 Å². The molecule has 1 aliphatic heterocycles. The molecule has 2 rings (SSSR count). The molecule has 2 atom stereocenters. The van der Waals surface area contributed by atoms with Crippen LogP contribution in [0.5, 0.6) is 0 Å². The van der Waals surface area contributed by atoms with Gasteiger partial charge in [0.05, 0.1) is 17.2 Å². The summed E-state index contributed by atoms with van der Waals surface area (Å²) in [7, 11) is 0. The molecule has 2 nitrogen and oxygen atoms in total. The lowest BCUT2D eigenvalue weighted by Gasteiger charge is -2.28. The zero-order chi connectivity index (χ0) is 15.0. The van der Waals surface area contributed by atoms with E-state index in [4.69, 9.17) is 4.74 Å². The van der Waals surface area contributed by atoms with E-state index in [1.165, 1.54) is 17.7 Å². The normalized spacial score (nSPS) is 25.4. The van der Waals surface area contributed by atoms with E-state index in [2.05, 4.69) is 71.1 Å². The SMILES string of the molecule is CCC(C)c1ccc(NC2CC(C)(C)OC2(C)C)cc1. The first kappa shape index (κ1) is 15.4. The molecule has 0 aromatic heterocycles. The molecule has 1 aromatic rings. The fourth-order valence-electron chi connectivity index (χ4n) is 3.13. The smallest absolute Gasteiger partial charge is 0.0834 e. The molecule has 1 saturated heterocycles. The van der Waals surface area contributed by atoms with Crippen LogP contribution in [-0.4, -0.2) is 17.2 Å². The summed E-state index contributed by atoms with van der Waals surface area (Å²) in [5, 5.41) is 3.65. The predicted molar refractivity (Wildman–Crippen MR) is 86.4 cm³/mol. The van der Waals surface area contributed by atoms with Gasteiger partial charge in [-0.25, -0.2) is 0 Å². The van der Waals surface area contributed by atoms with Crippen molar-refractivity contribution in [2.24, 2.45) is 0 Å². The highest BCUT2D eigenvalue weighted by Gasteiger charge is 2.45. The van der Waals surface area contributed by atoms with Crippen molar-refractivity contribution >= 4 is 5.69 Å². The van der Waals surface area contributed by atoms with E-state index in [0.29, 0.717) is 12.0 Å². The second-order valence-corrected chi connectivity index (χ2v) is 7.30. The van der Waals surface area contributed by atoms with Gasteiger partial charge in [0.2, 0.25) is 0 Å². The molecular formula is C18H29NO. The Bertz CT molecular complexity index is 447. The molecule has 0 amide bonds. The lowest BCUT2D eigenvalue weighted by atomic mass is 9.94. The van der Waals surface area contributed by atoms with E-state index in [-0.39, 0.29) is 11.2 Å². The zero-order valence-corrected chi connectivity index (χ0v) is 13.8. The number of rotatable bonds is 4. The van der Waals surface area contributed by atoms with Gasteiger partial charge in [-0.1, -0.05) is 26.0 Å². The fraction of sp³-hybridized carbons (Fsp3) is 0.667. The second-order valence-electron chi connectivity index (χ2n) is 7.30. The Balaban J connectivity index is 2.07. The van der Waals surface area contributed by atoms with Crippen molar-refractivity contribution in [2.45, 2.75) is 77.5 Å². The molecule has 1 aromatic carbocycles. The Morgan fingerprint density at radius 1 is 1.20 bits per heavy atom. The average Bonchev–Trinajstić information content (AvgIpc) is 2.57. The summed E-state index contributed by atoms with van der Waals surface area (Å²) >= 11 is 0. The van der Waals surface area contributed by atoms with Crippen molar-refractivity contribution in [1.82, 2.24) is 0 Å². The molecular weight excluding hydrogens is 246 g/mol. The monoisotopic (exact) mass is 275 g/mol. The highest BCUT2D eigenvalue weighted by atomic mass is 16.5. The number of nitrogens with one attached hydrogen (secondary N) is 1. The van der Waals surface area contributed by atoms with Crippen molar-refractivity contribution in [2.75, 3.05) is 5.32 Å². The first-order chi connectivity index (χ1) is 9.23. The maximum Gasteiger partial charge on any atom is 0.0834 e. The van der Waals surface area contributed by atoms with Crippen molar-refractivity contribution < 1.29 is 4.74 Å². The minimum atomic E-state index is -0.126. The Kier molecular flexibility index (Phi) is 4.15. The predicted octanol–water partition coefficient (Wildman–Crippen LogP) is 4.96. The Morgan fingerprint density at radius 2 is 1.80 bits per heavy atom. The molecule has 112 valence electrons. The maximum atomic E-state index is 6.14. The van der Waals surface area contributed by atoms with Gasteiger partial charge in [-0.2, -0.15) is 0 Å². The van der Waals surface area contributed by atoms with Crippen LogP contribution in [-0.2, 0) is 4.74 Å². The molecule has 1 aliphatic rings. The number of anilines is 1. The topological polar surface area (TPSA) is 21.3 Å². The van der Waals surface area contributed by atoms with E-state index < -0.39 is 0 Å². The lowest BCUT2D eigenvalue weighted by molar-refractivity contribution is -0.0662. The molecule has 0 aliphatic carbocycles. The molecule has 0 saturated carbocycles. The third-order valence-corrected chi connectivity index (χ3v) is 4.51. The highest BCUT2D eigenvalue weighted by molar-refractivity contribution is 5.47. The highest BCUT2D eigenvalue weighted by Crippen LogP contribution is 2.38. The van der Waals surface area contributed by atoms with Gasteiger partial charge in [-0.3, -0.25) is 0 Å². The van der Waals surface area contributed by atoms with Crippen LogP contribution in [0.25, 0.3) is 0 Å². The van der Waals surface area contributed by atoms with Crippen LogP contribution in [0.3, 0.4) is 0 Å². The van der Waals surface area contributed by atoms with Gasteiger partial charge < -0.3 is 10.1 Å². The Morgan fingerprint density at radius 3 is 2.25 bits per heavy atom. The quantitative estimate of drug-likeness (QED) is 0.838. The van der Waals surface area contributed by atoms with Crippen LogP contribution < -0.4 is 5.32 Å². The first-order valence-electron chi connectivity index (χ1n) is 7.80. The summed E-state index contributed by atoms with van der Waals surface area (Å²) in [5.74, 6) is 0.634. The average molecular weight is 275 g/mol. The van der Waals surface area contributed by atoms with Crippen LogP contribution >= 0.6 is 0 Å². The molecule has 0 radical (unpaired) electrons. The molecule has 1 heterocycles. The van der Waals surface area contributed by atoms with Gasteiger partial charge in [0.25, 0.3) is 0 Å². The summed E-state index contributed by atoms with van der Waals surface area (Å²) in [6.07, 6.45) is 2.22. The van der Waals surface area contributed by atoms with Gasteiger partial charge in [0, 0.05) is 5.69 Å². The number of benzene rings is 1. The first-order valence-corrected chi connectivity index (χ1v) is 7.80. The Hall–Kier alpha value is -1.02. The van der Waals surface area contributed by atoms with E-state index in [1.807, 2.05) is 0 Å². The van der Waals surface area contributed by atoms with Gasteiger partial charge >= 0.3 is 0 Å². The molecule has 0 bridgehead atoms. The van der Waals surface area contributed by atoms with Crippen LogP contribution in [0.15, 0.2) is 24.3 Å². The molecule has 1 N–H and O–H groups in total. The molecule has 1 fully saturated rings. The minimum absolute atomic E-state index is 0.0438. The number of hydrogen-bond acceptors (Lipinski definition) is 2. The fourth-order valence-corrected chi connectivity index (χ4v) is 3.13. The van der Waals surface area contributed by atoms with Crippen LogP contribution in [0.4, 0.5) is 5.69 Å². The summed E-state index contributed by atoms with van der Waals surface area (Å²) < 4.78 is 6.14. The van der Waals surface area contributed by atoms with E-state index >= 15 is 0 Å². The minimum Gasteiger partial charge on any atom is -0.379 e. The Labute approximate surface area is 123 Å². The number of ether oxygens (including phenoxy) is 1. The van der Waals surface area contributed by atoms with Gasteiger partial charge in [-0.05, 0) is 64.2 Å². The lowest BCUT2D eigenvalue weighted by Crippen LogP contribution is -2.38. The second kappa shape index (κ2) is 5.40.